The number of nitrogen functional groups attached to an aromatic ring is 1. The number of hydrogen-bond acceptors (Lipinski definition) is 8. The number of oxazole rings is 1. The van der Waals surface area contributed by atoms with E-state index in [4.69, 9.17) is 10.2 Å². The summed E-state index contributed by atoms with van der Waals surface area (Å²) in [5.41, 5.74) is 9.40. The van der Waals surface area contributed by atoms with Crippen molar-refractivity contribution in [3.05, 3.63) is 66.5 Å². The van der Waals surface area contributed by atoms with Gasteiger partial charge < -0.3 is 15.5 Å². The number of nitrogens with one attached hydrogen (secondary N) is 1. The fourth-order valence-corrected chi connectivity index (χ4v) is 3.85. The number of piperidine rings is 1. The van der Waals surface area contributed by atoms with Crippen molar-refractivity contribution in [2.45, 2.75) is 25.2 Å². The molecule has 3 aromatic heterocycles. The molecule has 1 aliphatic rings. The van der Waals surface area contributed by atoms with Crippen molar-refractivity contribution in [2.75, 3.05) is 18.8 Å². The van der Waals surface area contributed by atoms with Crippen molar-refractivity contribution >= 4 is 22.4 Å². The lowest BCUT2D eigenvalue weighted by Gasteiger charge is -2.19. The van der Waals surface area contributed by atoms with E-state index in [0.29, 0.717) is 23.1 Å². The van der Waals surface area contributed by atoms with Gasteiger partial charge >= 0.3 is 0 Å². The highest BCUT2D eigenvalue weighted by molar-refractivity contribution is 5.95. The molecule has 4 aromatic rings. The molecule has 1 fully saturated rings. The smallest absolute Gasteiger partial charge is 0.197 e. The Morgan fingerprint density at radius 2 is 1.97 bits per heavy atom. The molecule has 0 unspecified atom stereocenters. The van der Waals surface area contributed by atoms with Crippen LogP contribution in [0.4, 0.5) is 5.69 Å². The van der Waals surface area contributed by atoms with Crippen molar-refractivity contribution in [1.29, 1.82) is 0 Å². The largest absolute Gasteiger partial charge is 0.448 e. The Kier molecular flexibility index (Phi) is 5.13. The van der Waals surface area contributed by atoms with Crippen LogP contribution >= 0.6 is 0 Å². The Morgan fingerprint density at radius 3 is 2.81 bits per heavy atom. The molecule has 0 spiro atoms. The maximum Gasteiger partial charge on any atom is 0.197 e. The van der Waals surface area contributed by atoms with Gasteiger partial charge in [0.15, 0.2) is 11.7 Å². The van der Waals surface area contributed by atoms with Crippen LogP contribution in [0.25, 0.3) is 22.0 Å². The Morgan fingerprint density at radius 1 is 1.10 bits per heavy atom. The third-order valence-corrected chi connectivity index (χ3v) is 5.54. The number of benzene rings is 1. The molecule has 3 N–H and O–H groups in total. The molecule has 0 radical (unpaired) electrons. The summed E-state index contributed by atoms with van der Waals surface area (Å²) >= 11 is 0. The molecule has 5 rings (SSSR count). The maximum absolute atomic E-state index is 12.7. The Balaban J connectivity index is 1.36. The van der Waals surface area contributed by atoms with Crippen LogP contribution in [0.5, 0.6) is 0 Å². The highest BCUT2D eigenvalue weighted by atomic mass is 16.3. The SMILES string of the molecule is Nc1cncc(-c2ccc3cnc(CC(=O)c4coc(C5CCNCC5)n4)nc3c2)c1. The van der Waals surface area contributed by atoms with Crippen LogP contribution in [0.1, 0.15) is 41.0 Å². The molecular formula is C23H22N6O2. The van der Waals surface area contributed by atoms with E-state index in [9.17, 15) is 4.79 Å². The van der Waals surface area contributed by atoms with E-state index in [1.54, 1.807) is 18.6 Å². The first-order chi connectivity index (χ1) is 15.2. The van der Waals surface area contributed by atoms with Gasteiger partial charge in [0.2, 0.25) is 0 Å². The van der Waals surface area contributed by atoms with Crippen LogP contribution in [-0.2, 0) is 6.42 Å². The Labute approximate surface area is 179 Å². The second kappa shape index (κ2) is 8.23. The lowest BCUT2D eigenvalue weighted by Crippen LogP contribution is -2.26. The quantitative estimate of drug-likeness (QED) is 0.478. The number of anilines is 1. The number of aromatic nitrogens is 4. The average Bonchev–Trinajstić information content (AvgIpc) is 3.30. The summed E-state index contributed by atoms with van der Waals surface area (Å²) in [4.78, 5) is 30.3. The number of carbonyl (C=O) groups excluding carboxylic acids is 1. The number of rotatable bonds is 5. The Bertz CT molecular complexity index is 1250. The summed E-state index contributed by atoms with van der Waals surface area (Å²) in [6, 6.07) is 7.74. The summed E-state index contributed by atoms with van der Waals surface area (Å²) in [6.45, 7) is 1.88. The van der Waals surface area contributed by atoms with Crippen molar-refractivity contribution in [1.82, 2.24) is 25.3 Å². The van der Waals surface area contributed by atoms with Crippen molar-refractivity contribution < 1.29 is 9.21 Å². The van der Waals surface area contributed by atoms with Crippen LogP contribution in [0.2, 0.25) is 0 Å². The molecule has 1 aliphatic heterocycles. The number of nitrogens with zero attached hydrogens (tertiary/aromatic N) is 4. The van der Waals surface area contributed by atoms with Gasteiger partial charge in [0.25, 0.3) is 0 Å². The monoisotopic (exact) mass is 414 g/mol. The molecule has 8 heteroatoms. The van der Waals surface area contributed by atoms with E-state index in [1.165, 1.54) is 6.26 Å². The minimum atomic E-state index is -0.153. The van der Waals surface area contributed by atoms with E-state index >= 15 is 0 Å². The molecular weight excluding hydrogens is 392 g/mol. The second-order valence-electron chi connectivity index (χ2n) is 7.76. The van der Waals surface area contributed by atoms with Crippen LogP contribution in [-0.4, -0.2) is 38.8 Å². The standard InChI is InChI=1S/C23H22N6O2/c24-18-7-17(10-26-12-18)15-1-2-16-11-27-22(28-19(16)8-15)9-21(30)20-13-31-23(29-20)14-3-5-25-6-4-14/h1-2,7-8,10-14,25H,3-6,9,24H2. The zero-order chi connectivity index (χ0) is 21.2. The van der Waals surface area contributed by atoms with Crippen LogP contribution < -0.4 is 11.1 Å². The molecule has 1 saturated heterocycles. The first-order valence-electron chi connectivity index (χ1n) is 10.3. The third kappa shape index (κ3) is 4.15. The van der Waals surface area contributed by atoms with E-state index in [2.05, 4.69) is 25.3 Å². The number of nitrogens with two attached hydrogens (primary N) is 1. The van der Waals surface area contributed by atoms with Gasteiger partial charge in [-0.2, -0.15) is 0 Å². The number of carbonyl (C=O) groups is 1. The van der Waals surface area contributed by atoms with Crippen LogP contribution in [0.3, 0.4) is 0 Å². The summed E-state index contributed by atoms with van der Waals surface area (Å²) < 4.78 is 5.59. The molecule has 0 amide bonds. The highest BCUT2D eigenvalue weighted by Gasteiger charge is 2.22. The van der Waals surface area contributed by atoms with Gasteiger partial charge in [0.05, 0.1) is 17.6 Å². The minimum Gasteiger partial charge on any atom is -0.448 e. The molecule has 0 atom stereocenters. The first-order valence-corrected chi connectivity index (χ1v) is 10.3. The third-order valence-electron chi connectivity index (χ3n) is 5.54. The predicted octanol–water partition coefficient (Wildman–Crippen LogP) is 3.15. The van der Waals surface area contributed by atoms with E-state index in [0.717, 1.165) is 48.0 Å². The van der Waals surface area contributed by atoms with Gasteiger partial charge in [-0.1, -0.05) is 12.1 Å². The number of hydrogen-bond donors (Lipinski definition) is 2. The molecule has 31 heavy (non-hydrogen) atoms. The predicted molar refractivity (Wildman–Crippen MR) is 117 cm³/mol. The average molecular weight is 414 g/mol. The van der Waals surface area contributed by atoms with Crippen LogP contribution in [0, 0.1) is 0 Å². The molecule has 4 heterocycles. The zero-order valence-electron chi connectivity index (χ0n) is 16.9. The number of ketones is 1. The molecule has 1 aromatic carbocycles. The molecule has 0 saturated carbocycles. The van der Waals surface area contributed by atoms with Gasteiger partial charge in [0, 0.05) is 35.5 Å². The minimum absolute atomic E-state index is 0.0677. The van der Waals surface area contributed by atoms with Crippen molar-refractivity contribution in [3.8, 4) is 11.1 Å². The highest BCUT2D eigenvalue weighted by Crippen LogP contribution is 2.26. The number of Topliss-reactive ketones (excluding diaryl/α,β-unsaturated/α-hetero) is 1. The summed E-state index contributed by atoms with van der Waals surface area (Å²) in [5.74, 6) is 1.20. The normalized spacial score (nSPS) is 14.7. The van der Waals surface area contributed by atoms with E-state index in [-0.39, 0.29) is 18.1 Å². The van der Waals surface area contributed by atoms with Gasteiger partial charge in [-0.05, 0) is 43.6 Å². The molecule has 8 nitrogen and oxygen atoms in total. The summed E-state index contributed by atoms with van der Waals surface area (Å²) in [7, 11) is 0. The van der Waals surface area contributed by atoms with Crippen molar-refractivity contribution in [2.24, 2.45) is 0 Å². The van der Waals surface area contributed by atoms with Gasteiger partial charge in [-0.3, -0.25) is 9.78 Å². The number of pyridine rings is 1. The topological polar surface area (TPSA) is 120 Å². The lowest BCUT2D eigenvalue weighted by molar-refractivity contribution is 0.0986. The Hall–Kier alpha value is -3.65. The second-order valence-corrected chi connectivity index (χ2v) is 7.76. The van der Waals surface area contributed by atoms with Crippen LogP contribution in [0.15, 0.2) is 53.5 Å². The van der Waals surface area contributed by atoms with Crippen molar-refractivity contribution in [3.63, 3.8) is 0 Å². The van der Waals surface area contributed by atoms with Gasteiger partial charge in [-0.15, -0.1) is 0 Å². The molecule has 0 bridgehead atoms. The summed E-state index contributed by atoms with van der Waals surface area (Å²) in [5, 5.41) is 4.21. The van der Waals surface area contributed by atoms with E-state index in [1.807, 2.05) is 24.3 Å². The van der Waals surface area contributed by atoms with E-state index < -0.39 is 0 Å². The number of fused-ring (bicyclic) bond motifs is 1. The summed E-state index contributed by atoms with van der Waals surface area (Å²) in [6.07, 6.45) is 8.55. The van der Waals surface area contributed by atoms with Gasteiger partial charge in [0.1, 0.15) is 17.8 Å². The first kappa shape index (κ1) is 19.3. The fourth-order valence-electron chi connectivity index (χ4n) is 3.85. The maximum atomic E-state index is 12.7. The molecule has 156 valence electrons. The lowest BCUT2D eigenvalue weighted by atomic mass is 9.98. The fraction of sp³-hybridized carbons (Fsp3) is 0.261. The molecule has 0 aliphatic carbocycles. The van der Waals surface area contributed by atoms with Gasteiger partial charge in [-0.25, -0.2) is 15.0 Å². The zero-order valence-corrected chi connectivity index (χ0v) is 16.9.